The van der Waals surface area contributed by atoms with Gasteiger partial charge in [0, 0.05) is 25.9 Å². The molecule has 1 heterocycles. The van der Waals surface area contributed by atoms with Gasteiger partial charge in [0.25, 0.3) is 0 Å². The van der Waals surface area contributed by atoms with Crippen molar-refractivity contribution in [3.05, 3.63) is 150 Å². The van der Waals surface area contributed by atoms with E-state index in [1.54, 1.807) is 5.56 Å². The van der Waals surface area contributed by atoms with E-state index in [4.69, 9.17) is 5.73 Å². The van der Waals surface area contributed by atoms with Crippen molar-refractivity contribution in [1.82, 2.24) is 0 Å². The van der Waals surface area contributed by atoms with Crippen molar-refractivity contribution in [2.24, 2.45) is 17.6 Å². The molecule has 5 aromatic carbocycles. The molecule has 0 radical (unpaired) electrons. The van der Waals surface area contributed by atoms with E-state index in [9.17, 15) is 0 Å². The second-order valence-electron chi connectivity index (χ2n) is 12.4. The van der Waals surface area contributed by atoms with Gasteiger partial charge in [0.2, 0.25) is 0 Å². The van der Waals surface area contributed by atoms with Gasteiger partial charge in [0.1, 0.15) is 0 Å². The Hall–Kier alpha value is -4.40. The Morgan fingerprint density at radius 1 is 0.750 bits per heavy atom. The van der Waals surface area contributed by atoms with Gasteiger partial charge in [-0.05, 0) is 87.9 Å². The second kappa shape index (κ2) is 11.3. The Bertz CT molecular complexity index is 2050. The SMILES string of the molecule is CCC1c2ccccc2C2CCC=CC2C1/C=C(\N)c1cccc(-c2cccc3c2sc2c(-c4ccccc4)cccc23)c1. The number of hydrogen-bond acceptors (Lipinski definition) is 2. The number of nitrogens with two attached hydrogens (primary N) is 1. The lowest BCUT2D eigenvalue weighted by Gasteiger charge is -2.44. The zero-order valence-electron chi connectivity index (χ0n) is 25.1. The standard InChI is InChI=1S/C42H37NS/c1-2-30-33-17-6-7-18-34(33)35-19-8-9-20-36(35)39(30)26-40(43)29-16-10-15-28(25-29)32-22-12-24-38-37-23-11-21-31(41(37)44-42(32)38)27-13-4-3-5-14-27/h3-7,9-18,20-26,30,35-36,39H,2,8,19,43H2,1H3/b40-26-. The van der Waals surface area contributed by atoms with Crippen molar-refractivity contribution < 1.29 is 0 Å². The van der Waals surface area contributed by atoms with E-state index in [1.807, 2.05) is 11.3 Å². The van der Waals surface area contributed by atoms with E-state index >= 15 is 0 Å². The maximum atomic E-state index is 7.03. The molecule has 2 aliphatic carbocycles. The van der Waals surface area contributed by atoms with Crippen LogP contribution in [0.3, 0.4) is 0 Å². The van der Waals surface area contributed by atoms with Crippen LogP contribution in [-0.2, 0) is 0 Å². The summed E-state index contributed by atoms with van der Waals surface area (Å²) in [6.45, 7) is 2.33. The van der Waals surface area contributed by atoms with Crippen molar-refractivity contribution in [3.8, 4) is 22.3 Å². The molecule has 6 aromatic rings. The van der Waals surface area contributed by atoms with Gasteiger partial charge in [-0.3, -0.25) is 0 Å². The van der Waals surface area contributed by atoms with E-state index < -0.39 is 0 Å². The molecule has 4 atom stereocenters. The molecular formula is C42H37NS. The topological polar surface area (TPSA) is 26.0 Å². The summed E-state index contributed by atoms with van der Waals surface area (Å²) in [5.41, 5.74) is 17.2. The Labute approximate surface area is 264 Å². The third-order valence-electron chi connectivity index (χ3n) is 10.1. The number of allylic oxidation sites excluding steroid dienone is 3. The molecule has 1 nitrogen and oxygen atoms in total. The fourth-order valence-electron chi connectivity index (χ4n) is 8.06. The maximum Gasteiger partial charge on any atom is 0.0434 e. The number of hydrogen-bond donors (Lipinski definition) is 1. The molecule has 0 fully saturated rings. The number of fused-ring (bicyclic) bond motifs is 6. The fraction of sp³-hybridized carbons (Fsp3) is 0.190. The van der Waals surface area contributed by atoms with Gasteiger partial charge in [0.05, 0.1) is 0 Å². The first kappa shape index (κ1) is 27.2. The molecule has 2 N–H and O–H groups in total. The van der Waals surface area contributed by atoms with Crippen molar-refractivity contribution in [2.45, 2.75) is 38.0 Å². The maximum absolute atomic E-state index is 7.03. The minimum Gasteiger partial charge on any atom is -0.398 e. The Morgan fingerprint density at radius 2 is 1.41 bits per heavy atom. The highest BCUT2D eigenvalue weighted by Crippen LogP contribution is 2.52. The van der Waals surface area contributed by atoms with Crippen LogP contribution in [0.1, 0.15) is 54.7 Å². The fourth-order valence-corrected chi connectivity index (χ4v) is 9.43. The lowest BCUT2D eigenvalue weighted by molar-refractivity contribution is 0.289. The lowest BCUT2D eigenvalue weighted by atomic mass is 9.60. The zero-order chi connectivity index (χ0) is 29.6. The van der Waals surface area contributed by atoms with Gasteiger partial charge in [-0.2, -0.15) is 0 Å². The Morgan fingerprint density at radius 3 is 2.16 bits per heavy atom. The summed E-state index contributed by atoms with van der Waals surface area (Å²) < 4.78 is 2.67. The molecule has 8 rings (SSSR count). The summed E-state index contributed by atoms with van der Waals surface area (Å²) in [5.74, 6) is 1.94. The molecular weight excluding hydrogens is 551 g/mol. The highest BCUT2D eigenvalue weighted by Gasteiger charge is 2.40. The summed E-state index contributed by atoms with van der Waals surface area (Å²) in [6.07, 6.45) is 10.8. The summed E-state index contributed by atoms with van der Waals surface area (Å²) in [5, 5.41) is 2.64. The molecule has 0 bridgehead atoms. The van der Waals surface area contributed by atoms with Crippen LogP contribution in [0.2, 0.25) is 0 Å². The van der Waals surface area contributed by atoms with Crippen LogP contribution in [0.25, 0.3) is 48.1 Å². The van der Waals surface area contributed by atoms with Crippen LogP contribution in [0.15, 0.2) is 133 Å². The Balaban J connectivity index is 1.21. The average Bonchev–Trinajstić information content (AvgIpc) is 3.48. The first-order valence-corrected chi connectivity index (χ1v) is 16.9. The average molecular weight is 588 g/mol. The van der Waals surface area contributed by atoms with Crippen LogP contribution in [0.5, 0.6) is 0 Å². The first-order chi connectivity index (χ1) is 21.7. The number of rotatable bonds is 5. The van der Waals surface area contributed by atoms with E-state index in [-0.39, 0.29) is 0 Å². The molecule has 0 saturated heterocycles. The molecule has 1 aromatic heterocycles. The molecule has 2 aliphatic rings. The summed E-state index contributed by atoms with van der Waals surface area (Å²) >= 11 is 1.90. The van der Waals surface area contributed by atoms with Crippen molar-refractivity contribution in [1.29, 1.82) is 0 Å². The highest BCUT2D eigenvalue weighted by molar-refractivity contribution is 7.26. The molecule has 4 unspecified atom stereocenters. The van der Waals surface area contributed by atoms with Crippen LogP contribution in [-0.4, -0.2) is 0 Å². The third-order valence-corrected chi connectivity index (χ3v) is 11.4. The minimum atomic E-state index is 0.391. The van der Waals surface area contributed by atoms with E-state index in [0.717, 1.165) is 24.1 Å². The van der Waals surface area contributed by atoms with Crippen LogP contribution in [0.4, 0.5) is 0 Å². The quantitative estimate of drug-likeness (QED) is 0.200. The molecule has 2 heteroatoms. The molecule has 216 valence electrons. The number of thiophene rings is 1. The van der Waals surface area contributed by atoms with Gasteiger partial charge in [0.15, 0.2) is 0 Å². The Kier molecular flexibility index (Phi) is 6.96. The summed E-state index contributed by atoms with van der Waals surface area (Å²) in [7, 11) is 0. The first-order valence-electron chi connectivity index (χ1n) is 16.0. The second-order valence-corrected chi connectivity index (χ2v) is 13.5. The van der Waals surface area contributed by atoms with Gasteiger partial charge >= 0.3 is 0 Å². The predicted octanol–water partition coefficient (Wildman–Crippen LogP) is 11.6. The number of benzene rings is 5. The zero-order valence-corrected chi connectivity index (χ0v) is 25.9. The summed E-state index contributed by atoms with van der Waals surface area (Å²) in [4.78, 5) is 0. The van der Waals surface area contributed by atoms with E-state index in [2.05, 4.69) is 140 Å². The monoisotopic (exact) mass is 587 g/mol. The lowest BCUT2D eigenvalue weighted by Crippen LogP contribution is -2.32. The third kappa shape index (κ3) is 4.52. The van der Waals surface area contributed by atoms with E-state index in [0.29, 0.717) is 23.7 Å². The van der Waals surface area contributed by atoms with Crippen molar-refractivity contribution >= 4 is 37.2 Å². The van der Waals surface area contributed by atoms with Crippen LogP contribution in [0, 0.1) is 11.8 Å². The van der Waals surface area contributed by atoms with E-state index in [1.165, 1.54) is 54.4 Å². The van der Waals surface area contributed by atoms with Gasteiger partial charge in [-0.1, -0.05) is 134 Å². The van der Waals surface area contributed by atoms with Crippen LogP contribution < -0.4 is 5.73 Å². The molecule has 0 amide bonds. The largest absolute Gasteiger partial charge is 0.398 e. The van der Waals surface area contributed by atoms with Crippen molar-refractivity contribution in [2.75, 3.05) is 0 Å². The molecule has 0 spiro atoms. The molecule has 44 heavy (non-hydrogen) atoms. The van der Waals surface area contributed by atoms with Gasteiger partial charge in [-0.15, -0.1) is 11.3 Å². The normalized spacial score (nSPS) is 21.3. The van der Waals surface area contributed by atoms with Gasteiger partial charge < -0.3 is 5.73 Å². The van der Waals surface area contributed by atoms with Gasteiger partial charge in [-0.25, -0.2) is 0 Å². The summed E-state index contributed by atoms with van der Waals surface area (Å²) in [6, 6.07) is 42.2. The van der Waals surface area contributed by atoms with Crippen molar-refractivity contribution in [3.63, 3.8) is 0 Å². The minimum absolute atomic E-state index is 0.391. The smallest absolute Gasteiger partial charge is 0.0434 e. The highest BCUT2D eigenvalue weighted by atomic mass is 32.1. The molecule has 0 aliphatic heterocycles. The molecule has 0 saturated carbocycles. The predicted molar refractivity (Wildman–Crippen MR) is 190 cm³/mol. The van der Waals surface area contributed by atoms with Crippen LogP contribution >= 0.6 is 11.3 Å².